The molecule has 2 aromatic rings. The van der Waals surface area contributed by atoms with Gasteiger partial charge in [0, 0.05) is 25.0 Å². The third-order valence-corrected chi connectivity index (χ3v) is 4.03. The number of benzene rings is 1. The number of halogens is 1. The van der Waals surface area contributed by atoms with Crippen molar-refractivity contribution in [2.45, 2.75) is 0 Å². The molecule has 2 N–H and O–H groups in total. The molecule has 0 spiro atoms. The summed E-state index contributed by atoms with van der Waals surface area (Å²) in [7, 11) is 1.41. The van der Waals surface area contributed by atoms with Crippen LogP contribution in [0.1, 0.15) is 0 Å². The Morgan fingerprint density at radius 2 is 2.09 bits per heavy atom. The molecule has 9 heteroatoms. The summed E-state index contributed by atoms with van der Waals surface area (Å²) < 4.78 is 2.33. The molecule has 0 saturated heterocycles. The van der Waals surface area contributed by atoms with E-state index in [1.165, 1.54) is 35.6 Å². The Hall–Kier alpha value is -2.37. The van der Waals surface area contributed by atoms with E-state index in [-0.39, 0.29) is 5.56 Å². The van der Waals surface area contributed by atoms with Gasteiger partial charge in [-0.3, -0.25) is 13.9 Å². The molecule has 23 heavy (non-hydrogen) atoms. The maximum atomic E-state index is 12.1. The number of hydrogen-bond donors (Lipinski definition) is 2. The Labute approximate surface area is 141 Å². The average molecular weight is 352 g/mol. The monoisotopic (exact) mass is 351 g/mol. The third-order valence-electron chi connectivity index (χ3n) is 3.03. The van der Waals surface area contributed by atoms with Crippen molar-refractivity contribution in [2.75, 3.05) is 17.1 Å². The van der Waals surface area contributed by atoms with Gasteiger partial charge in [-0.1, -0.05) is 11.6 Å². The van der Waals surface area contributed by atoms with E-state index in [0.29, 0.717) is 22.5 Å². The second-order valence-electron chi connectivity index (χ2n) is 4.49. The maximum Gasteiger partial charge on any atom is 0.335 e. The van der Waals surface area contributed by atoms with Gasteiger partial charge in [0.05, 0.1) is 22.5 Å². The number of hydrogen-bond acceptors (Lipinski definition) is 6. The van der Waals surface area contributed by atoms with E-state index in [1.54, 1.807) is 18.2 Å². The highest BCUT2D eigenvalue weighted by Crippen LogP contribution is 2.23. The standard InChI is InChI=1S/C14H14ClN5O2S/c1-19-13(21)4-5-20(14(19)22)12-3-2-10(6-11(12)15)18-9-23-8-17-7-16/h2-6,17-18H,8-9H2,1H3. The fourth-order valence-corrected chi connectivity index (χ4v) is 2.64. The van der Waals surface area contributed by atoms with Crippen molar-refractivity contribution < 1.29 is 0 Å². The zero-order chi connectivity index (χ0) is 16.8. The van der Waals surface area contributed by atoms with E-state index >= 15 is 0 Å². The summed E-state index contributed by atoms with van der Waals surface area (Å²) in [6.45, 7) is 0. The molecule has 7 nitrogen and oxygen atoms in total. The van der Waals surface area contributed by atoms with Gasteiger partial charge in [-0.15, -0.1) is 11.8 Å². The first-order chi connectivity index (χ1) is 11.0. The molecule has 1 aromatic carbocycles. The van der Waals surface area contributed by atoms with Gasteiger partial charge in [-0.2, -0.15) is 5.26 Å². The van der Waals surface area contributed by atoms with Crippen LogP contribution in [-0.2, 0) is 7.05 Å². The Kier molecular flexibility index (Phi) is 5.73. The van der Waals surface area contributed by atoms with Crippen LogP contribution < -0.4 is 21.9 Å². The van der Waals surface area contributed by atoms with E-state index in [0.717, 1.165) is 10.3 Å². The van der Waals surface area contributed by atoms with Gasteiger partial charge < -0.3 is 10.6 Å². The molecule has 0 radical (unpaired) electrons. The number of thioether (sulfide) groups is 1. The highest BCUT2D eigenvalue weighted by Gasteiger charge is 2.08. The van der Waals surface area contributed by atoms with Gasteiger partial charge in [0.1, 0.15) is 0 Å². The van der Waals surface area contributed by atoms with Gasteiger partial charge in [0.2, 0.25) is 0 Å². The van der Waals surface area contributed by atoms with Crippen molar-refractivity contribution in [1.82, 2.24) is 14.5 Å². The lowest BCUT2D eigenvalue weighted by atomic mass is 10.2. The van der Waals surface area contributed by atoms with Gasteiger partial charge in [-0.25, -0.2) is 4.79 Å². The summed E-state index contributed by atoms with van der Waals surface area (Å²) in [5.74, 6) is 1.12. The lowest BCUT2D eigenvalue weighted by Gasteiger charge is -2.11. The molecule has 0 atom stereocenters. The second-order valence-corrected chi connectivity index (χ2v) is 5.88. The molecule has 0 fully saturated rings. The summed E-state index contributed by atoms with van der Waals surface area (Å²) in [5.41, 5.74) is 0.458. The van der Waals surface area contributed by atoms with E-state index in [2.05, 4.69) is 10.6 Å². The first kappa shape index (κ1) is 17.0. The van der Waals surface area contributed by atoms with Gasteiger partial charge in [-0.05, 0) is 18.2 Å². The molecule has 0 aliphatic carbocycles. The number of anilines is 1. The minimum absolute atomic E-state index is 0.372. The molecule has 1 heterocycles. The highest BCUT2D eigenvalue weighted by molar-refractivity contribution is 7.99. The summed E-state index contributed by atoms with van der Waals surface area (Å²) in [5, 5.41) is 14.4. The van der Waals surface area contributed by atoms with Gasteiger partial charge in [0.25, 0.3) is 5.56 Å². The lowest BCUT2D eigenvalue weighted by Crippen LogP contribution is -2.36. The minimum atomic E-state index is -0.460. The highest BCUT2D eigenvalue weighted by atomic mass is 35.5. The zero-order valence-electron chi connectivity index (χ0n) is 12.2. The third kappa shape index (κ3) is 4.09. The van der Waals surface area contributed by atoms with Crippen molar-refractivity contribution in [2.24, 2.45) is 7.05 Å². The van der Waals surface area contributed by atoms with Crippen LogP contribution in [0.25, 0.3) is 5.69 Å². The molecular formula is C14H14ClN5O2S. The van der Waals surface area contributed by atoms with Gasteiger partial charge in [0.15, 0.2) is 6.19 Å². The number of nitriles is 1. The Bertz CT molecular complexity index is 855. The molecule has 2 rings (SSSR count). The van der Waals surface area contributed by atoms with Crippen molar-refractivity contribution in [1.29, 1.82) is 5.26 Å². The van der Waals surface area contributed by atoms with Crippen LogP contribution in [0.4, 0.5) is 5.69 Å². The summed E-state index contributed by atoms with van der Waals surface area (Å²) in [6.07, 6.45) is 3.24. The van der Waals surface area contributed by atoms with Crippen molar-refractivity contribution >= 4 is 29.1 Å². The van der Waals surface area contributed by atoms with Crippen molar-refractivity contribution in [3.8, 4) is 11.9 Å². The van der Waals surface area contributed by atoms with Crippen molar-refractivity contribution in [3.05, 3.63) is 56.3 Å². The molecule has 0 saturated carbocycles. The molecule has 0 unspecified atom stereocenters. The largest absolute Gasteiger partial charge is 0.376 e. The zero-order valence-corrected chi connectivity index (χ0v) is 13.8. The summed E-state index contributed by atoms with van der Waals surface area (Å²) in [6, 6.07) is 6.50. The van der Waals surface area contributed by atoms with Crippen LogP contribution in [0.3, 0.4) is 0 Å². The molecule has 0 amide bonds. The van der Waals surface area contributed by atoms with E-state index in [9.17, 15) is 9.59 Å². The SMILES string of the molecule is Cn1c(=O)ccn(-c2ccc(NCSCNC#N)cc2Cl)c1=O. The lowest BCUT2D eigenvalue weighted by molar-refractivity contribution is 0.728. The number of rotatable bonds is 6. The van der Waals surface area contributed by atoms with E-state index in [1.807, 2.05) is 6.19 Å². The second kappa shape index (κ2) is 7.76. The van der Waals surface area contributed by atoms with E-state index < -0.39 is 5.69 Å². The van der Waals surface area contributed by atoms with Crippen LogP contribution in [0.2, 0.25) is 5.02 Å². The fourth-order valence-electron chi connectivity index (χ4n) is 1.83. The molecule has 0 bridgehead atoms. The van der Waals surface area contributed by atoms with Gasteiger partial charge >= 0.3 is 5.69 Å². The summed E-state index contributed by atoms with van der Waals surface area (Å²) in [4.78, 5) is 23.5. The predicted molar refractivity (Wildman–Crippen MR) is 92.0 cm³/mol. The first-order valence-electron chi connectivity index (χ1n) is 6.57. The van der Waals surface area contributed by atoms with Crippen LogP contribution in [0, 0.1) is 11.5 Å². The molecule has 0 aliphatic rings. The average Bonchev–Trinajstić information content (AvgIpc) is 2.54. The van der Waals surface area contributed by atoms with Crippen LogP contribution in [-0.4, -0.2) is 20.9 Å². The quantitative estimate of drug-likeness (QED) is 0.353. The Balaban J connectivity index is 2.17. The van der Waals surface area contributed by atoms with Crippen LogP contribution >= 0.6 is 23.4 Å². The number of nitrogens with one attached hydrogen (secondary N) is 2. The maximum absolute atomic E-state index is 12.1. The molecule has 120 valence electrons. The molecule has 1 aromatic heterocycles. The smallest absolute Gasteiger partial charge is 0.335 e. The Morgan fingerprint density at radius 1 is 1.30 bits per heavy atom. The van der Waals surface area contributed by atoms with Crippen LogP contribution in [0.15, 0.2) is 40.1 Å². The topological polar surface area (TPSA) is 91.8 Å². The Morgan fingerprint density at radius 3 is 2.78 bits per heavy atom. The van der Waals surface area contributed by atoms with Crippen molar-refractivity contribution in [3.63, 3.8) is 0 Å². The summed E-state index contributed by atoms with van der Waals surface area (Å²) >= 11 is 7.75. The molecular weight excluding hydrogens is 338 g/mol. The number of aromatic nitrogens is 2. The fraction of sp³-hybridized carbons (Fsp3) is 0.214. The number of nitrogens with zero attached hydrogens (tertiary/aromatic N) is 3. The normalized spacial score (nSPS) is 10.1. The van der Waals surface area contributed by atoms with Crippen LogP contribution in [0.5, 0.6) is 0 Å². The predicted octanol–water partition coefficient (Wildman–Crippen LogP) is 1.32. The van der Waals surface area contributed by atoms with E-state index in [4.69, 9.17) is 16.9 Å². The first-order valence-corrected chi connectivity index (χ1v) is 8.10. The minimum Gasteiger partial charge on any atom is -0.376 e. The molecule has 0 aliphatic heterocycles.